The van der Waals surface area contributed by atoms with Crippen LogP contribution in [0.5, 0.6) is 0 Å². The zero-order chi connectivity index (χ0) is 13.5. The van der Waals surface area contributed by atoms with Crippen LogP contribution in [0.4, 0.5) is 11.8 Å². The first-order valence-electron chi connectivity index (χ1n) is 7.19. The maximum Gasteiger partial charge on any atom is 0.224 e. The SMILES string of the molecule is CCNc1nc(C)cc(NCCCOCC2CC2)n1. The summed E-state index contributed by atoms with van der Waals surface area (Å²) in [5.41, 5.74) is 0.971. The molecule has 1 aromatic heterocycles. The van der Waals surface area contributed by atoms with Crippen molar-refractivity contribution in [2.45, 2.75) is 33.1 Å². The Hall–Kier alpha value is -1.36. The highest BCUT2D eigenvalue weighted by Crippen LogP contribution is 2.28. The molecule has 106 valence electrons. The Morgan fingerprint density at radius 3 is 2.89 bits per heavy atom. The molecule has 1 heterocycles. The summed E-state index contributed by atoms with van der Waals surface area (Å²) < 4.78 is 5.60. The Morgan fingerprint density at radius 1 is 1.32 bits per heavy atom. The summed E-state index contributed by atoms with van der Waals surface area (Å²) in [5, 5.41) is 6.45. The lowest BCUT2D eigenvalue weighted by molar-refractivity contribution is 0.124. The summed E-state index contributed by atoms with van der Waals surface area (Å²) in [4.78, 5) is 8.73. The molecule has 1 fully saturated rings. The zero-order valence-electron chi connectivity index (χ0n) is 11.9. The molecule has 2 rings (SSSR count). The molecular formula is C14H24N4O. The van der Waals surface area contributed by atoms with Gasteiger partial charge in [0.2, 0.25) is 5.95 Å². The molecule has 1 aliphatic carbocycles. The molecule has 0 unspecified atom stereocenters. The number of hydrogen-bond donors (Lipinski definition) is 2. The van der Waals surface area contributed by atoms with Crippen molar-refractivity contribution >= 4 is 11.8 Å². The molecule has 0 aromatic carbocycles. The first-order valence-corrected chi connectivity index (χ1v) is 7.19. The van der Waals surface area contributed by atoms with Crippen LogP contribution in [0.2, 0.25) is 0 Å². The number of nitrogens with one attached hydrogen (secondary N) is 2. The summed E-state index contributed by atoms with van der Waals surface area (Å²) in [6.45, 7) is 7.50. The van der Waals surface area contributed by atoms with Crippen LogP contribution < -0.4 is 10.6 Å². The van der Waals surface area contributed by atoms with Crippen molar-refractivity contribution in [2.75, 3.05) is 36.9 Å². The molecule has 2 N–H and O–H groups in total. The Balaban J connectivity index is 1.65. The van der Waals surface area contributed by atoms with Gasteiger partial charge in [0.25, 0.3) is 0 Å². The largest absolute Gasteiger partial charge is 0.381 e. The van der Waals surface area contributed by atoms with Gasteiger partial charge < -0.3 is 15.4 Å². The standard InChI is InChI=1S/C14H24N4O/c1-3-15-14-17-11(2)9-13(18-14)16-7-4-8-19-10-12-5-6-12/h9,12H,3-8,10H2,1-2H3,(H2,15,16,17,18). The predicted molar refractivity (Wildman–Crippen MR) is 77.6 cm³/mol. The van der Waals surface area contributed by atoms with Gasteiger partial charge in [-0.1, -0.05) is 0 Å². The van der Waals surface area contributed by atoms with Gasteiger partial charge in [0, 0.05) is 38.1 Å². The molecule has 0 bridgehead atoms. The van der Waals surface area contributed by atoms with E-state index >= 15 is 0 Å². The van der Waals surface area contributed by atoms with Gasteiger partial charge in [-0.15, -0.1) is 0 Å². The molecule has 19 heavy (non-hydrogen) atoms. The van der Waals surface area contributed by atoms with Gasteiger partial charge in [0.15, 0.2) is 0 Å². The van der Waals surface area contributed by atoms with E-state index in [1.54, 1.807) is 0 Å². The van der Waals surface area contributed by atoms with E-state index < -0.39 is 0 Å². The van der Waals surface area contributed by atoms with E-state index in [1.165, 1.54) is 12.8 Å². The van der Waals surface area contributed by atoms with Crippen molar-refractivity contribution in [2.24, 2.45) is 5.92 Å². The predicted octanol–water partition coefficient (Wildman–Crippen LogP) is 2.45. The minimum absolute atomic E-state index is 0.690. The highest BCUT2D eigenvalue weighted by Gasteiger charge is 2.20. The number of nitrogens with zero attached hydrogens (tertiary/aromatic N) is 2. The molecule has 0 aliphatic heterocycles. The Morgan fingerprint density at radius 2 is 2.16 bits per heavy atom. The van der Waals surface area contributed by atoms with Gasteiger partial charge in [-0.2, -0.15) is 4.98 Å². The quantitative estimate of drug-likeness (QED) is 0.671. The number of ether oxygens (including phenoxy) is 1. The van der Waals surface area contributed by atoms with Crippen molar-refractivity contribution in [3.63, 3.8) is 0 Å². The second-order valence-corrected chi connectivity index (χ2v) is 5.05. The maximum absolute atomic E-state index is 5.60. The van der Waals surface area contributed by atoms with Crippen LogP contribution in [0.1, 0.15) is 31.9 Å². The molecule has 5 nitrogen and oxygen atoms in total. The fourth-order valence-electron chi connectivity index (χ4n) is 1.82. The van der Waals surface area contributed by atoms with E-state index in [0.717, 1.165) is 50.2 Å². The first kappa shape index (κ1) is 14.1. The van der Waals surface area contributed by atoms with Crippen molar-refractivity contribution in [3.05, 3.63) is 11.8 Å². The van der Waals surface area contributed by atoms with Crippen molar-refractivity contribution < 1.29 is 4.74 Å². The average Bonchev–Trinajstić information content (AvgIpc) is 3.17. The number of anilines is 2. The third kappa shape index (κ3) is 5.42. The summed E-state index contributed by atoms with van der Waals surface area (Å²) in [6, 6.07) is 1.96. The summed E-state index contributed by atoms with van der Waals surface area (Å²) >= 11 is 0. The van der Waals surface area contributed by atoms with E-state index in [9.17, 15) is 0 Å². The molecule has 0 amide bonds. The lowest BCUT2D eigenvalue weighted by Gasteiger charge is -2.09. The zero-order valence-corrected chi connectivity index (χ0v) is 11.9. The number of rotatable bonds is 9. The number of hydrogen-bond acceptors (Lipinski definition) is 5. The van der Waals surface area contributed by atoms with E-state index in [0.29, 0.717) is 5.95 Å². The minimum Gasteiger partial charge on any atom is -0.381 e. The van der Waals surface area contributed by atoms with Crippen LogP contribution in [0.25, 0.3) is 0 Å². The van der Waals surface area contributed by atoms with Crippen LogP contribution in [-0.2, 0) is 4.74 Å². The first-order chi connectivity index (χ1) is 9.28. The van der Waals surface area contributed by atoms with Gasteiger partial charge >= 0.3 is 0 Å². The molecule has 1 aromatic rings. The monoisotopic (exact) mass is 264 g/mol. The third-order valence-electron chi connectivity index (χ3n) is 3.01. The molecule has 1 saturated carbocycles. The second-order valence-electron chi connectivity index (χ2n) is 5.05. The van der Waals surface area contributed by atoms with Crippen molar-refractivity contribution in [1.29, 1.82) is 0 Å². The van der Waals surface area contributed by atoms with Crippen LogP contribution in [0.3, 0.4) is 0 Å². The van der Waals surface area contributed by atoms with Crippen LogP contribution in [0.15, 0.2) is 6.07 Å². The van der Waals surface area contributed by atoms with E-state index in [4.69, 9.17) is 4.74 Å². The molecule has 5 heteroatoms. The topological polar surface area (TPSA) is 59.1 Å². The van der Waals surface area contributed by atoms with Crippen molar-refractivity contribution in [1.82, 2.24) is 9.97 Å². The average molecular weight is 264 g/mol. The number of aryl methyl sites for hydroxylation is 1. The van der Waals surface area contributed by atoms with E-state index in [1.807, 2.05) is 19.9 Å². The fourth-order valence-corrected chi connectivity index (χ4v) is 1.82. The minimum atomic E-state index is 0.690. The van der Waals surface area contributed by atoms with E-state index in [2.05, 4.69) is 20.6 Å². The summed E-state index contributed by atoms with van der Waals surface area (Å²) in [5.74, 6) is 2.42. The smallest absolute Gasteiger partial charge is 0.224 e. The summed E-state index contributed by atoms with van der Waals surface area (Å²) in [7, 11) is 0. The molecule has 1 aliphatic rings. The van der Waals surface area contributed by atoms with Crippen molar-refractivity contribution in [3.8, 4) is 0 Å². The maximum atomic E-state index is 5.60. The van der Waals surface area contributed by atoms with Gasteiger partial charge in [-0.25, -0.2) is 4.98 Å². The van der Waals surface area contributed by atoms with Gasteiger partial charge in [-0.3, -0.25) is 0 Å². The molecule has 0 saturated heterocycles. The molecule has 0 atom stereocenters. The van der Waals surface area contributed by atoms with Gasteiger partial charge in [-0.05, 0) is 39.0 Å². The Bertz CT molecular complexity index is 393. The number of aromatic nitrogens is 2. The lowest BCUT2D eigenvalue weighted by Crippen LogP contribution is -2.10. The Kier molecular flexibility index (Phi) is 5.39. The normalized spacial score (nSPS) is 14.4. The lowest BCUT2D eigenvalue weighted by atomic mass is 10.4. The fraction of sp³-hybridized carbons (Fsp3) is 0.714. The molecule has 0 spiro atoms. The Labute approximate surface area is 115 Å². The van der Waals surface area contributed by atoms with Gasteiger partial charge in [0.05, 0.1) is 0 Å². The second kappa shape index (κ2) is 7.28. The van der Waals surface area contributed by atoms with Gasteiger partial charge in [0.1, 0.15) is 5.82 Å². The highest BCUT2D eigenvalue weighted by atomic mass is 16.5. The summed E-state index contributed by atoms with van der Waals surface area (Å²) in [6.07, 6.45) is 3.71. The molecular weight excluding hydrogens is 240 g/mol. The van der Waals surface area contributed by atoms with Crippen LogP contribution in [-0.4, -0.2) is 36.3 Å². The van der Waals surface area contributed by atoms with Crippen LogP contribution in [0, 0.1) is 12.8 Å². The van der Waals surface area contributed by atoms with E-state index in [-0.39, 0.29) is 0 Å². The third-order valence-corrected chi connectivity index (χ3v) is 3.01. The van der Waals surface area contributed by atoms with Crippen LogP contribution >= 0.6 is 0 Å². The molecule has 0 radical (unpaired) electrons. The highest BCUT2D eigenvalue weighted by molar-refractivity contribution is 5.41.